The second kappa shape index (κ2) is 5.98. The van der Waals surface area contributed by atoms with E-state index in [-0.39, 0.29) is 0 Å². The first-order chi connectivity index (χ1) is 6.72. The first-order valence-corrected chi connectivity index (χ1v) is 5.88. The second-order valence-corrected chi connectivity index (χ2v) is 4.97. The van der Waals surface area contributed by atoms with E-state index in [1.165, 1.54) is 0 Å². The van der Waals surface area contributed by atoms with Crippen molar-refractivity contribution < 1.29 is 0 Å². The van der Waals surface area contributed by atoms with Crippen molar-refractivity contribution >= 4 is 11.8 Å². The van der Waals surface area contributed by atoms with Crippen LogP contribution in [0.4, 0.5) is 0 Å². The minimum atomic E-state index is 0.627. The Kier molecular flexibility index (Phi) is 4.90. The molecule has 0 saturated carbocycles. The highest BCUT2D eigenvalue weighted by Gasteiger charge is 1.99. The Balaban J connectivity index is 2.46. The molecule has 0 atom stereocenters. The fourth-order valence-electron chi connectivity index (χ4n) is 0.993. The average molecular weight is 211 g/mol. The molecule has 0 aliphatic carbocycles. The van der Waals surface area contributed by atoms with Crippen molar-refractivity contribution in [1.82, 2.24) is 9.97 Å². The van der Waals surface area contributed by atoms with Crippen LogP contribution < -0.4 is 5.73 Å². The van der Waals surface area contributed by atoms with E-state index in [0.29, 0.717) is 11.8 Å². The summed E-state index contributed by atoms with van der Waals surface area (Å²) in [5.74, 6) is 1.80. The highest BCUT2D eigenvalue weighted by molar-refractivity contribution is 7.99. The van der Waals surface area contributed by atoms with E-state index in [2.05, 4.69) is 23.8 Å². The number of hydrogen-bond donors (Lipinski definition) is 1. The Morgan fingerprint density at radius 1 is 1.36 bits per heavy atom. The SMILES string of the molecule is CC(C)SCc1ncc(CCN)cn1. The van der Waals surface area contributed by atoms with Crippen LogP contribution in [0.25, 0.3) is 0 Å². The molecule has 0 spiro atoms. The maximum absolute atomic E-state index is 5.44. The van der Waals surface area contributed by atoms with Crippen molar-refractivity contribution in [3.05, 3.63) is 23.8 Å². The van der Waals surface area contributed by atoms with Gasteiger partial charge in [-0.15, -0.1) is 0 Å². The molecule has 0 fully saturated rings. The molecule has 2 N–H and O–H groups in total. The molecule has 0 aliphatic rings. The van der Waals surface area contributed by atoms with Crippen LogP contribution in [-0.4, -0.2) is 21.8 Å². The Bertz CT molecular complexity index is 259. The van der Waals surface area contributed by atoms with Gasteiger partial charge < -0.3 is 5.73 Å². The summed E-state index contributed by atoms with van der Waals surface area (Å²) in [4.78, 5) is 8.56. The van der Waals surface area contributed by atoms with Gasteiger partial charge in [-0.2, -0.15) is 11.8 Å². The Morgan fingerprint density at radius 3 is 2.50 bits per heavy atom. The Labute approximate surface area is 89.5 Å². The topological polar surface area (TPSA) is 51.8 Å². The normalized spacial score (nSPS) is 10.9. The van der Waals surface area contributed by atoms with Gasteiger partial charge in [0, 0.05) is 12.4 Å². The van der Waals surface area contributed by atoms with Gasteiger partial charge in [-0.25, -0.2) is 9.97 Å². The summed E-state index contributed by atoms with van der Waals surface area (Å²) in [6.07, 6.45) is 4.60. The molecule has 78 valence electrons. The van der Waals surface area contributed by atoms with Crippen molar-refractivity contribution in [3.8, 4) is 0 Å². The summed E-state index contributed by atoms with van der Waals surface area (Å²) in [5, 5.41) is 0.627. The maximum atomic E-state index is 5.44. The molecule has 1 aromatic heterocycles. The third kappa shape index (κ3) is 4.07. The zero-order valence-electron chi connectivity index (χ0n) is 8.73. The van der Waals surface area contributed by atoms with Crippen LogP contribution in [0.2, 0.25) is 0 Å². The summed E-state index contributed by atoms with van der Waals surface area (Å²) >= 11 is 1.85. The number of nitrogens with two attached hydrogens (primary N) is 1. The van der Waals surface area contributed by atoms with E-state index in [4.69, 9.17) is 5.73 Å². The predicted octanol–water partition coefficient (Wildman–Crippen LogP) is 1.62. The van der Waals surface area contributed by atoms with Crippen molar-refractivity contribution in [1.29, 1.82) is 0 Å². The lowest BCUT2D eigenvalue weighted by Gasteiger charge is -2.03. The van der Waals surface area contributed by atoms with E-state index < -0.39 is 0 Å². The van der Waals surface area contributed by atoms with E-state index in [1.54, 1.807) is 0 Å². The summed E-state index contributed by atoms with van der Waals surface area (Å²) in [6.45, 7) is 5.00. The third-order valence-electron chi connectivity index (χ3n) is 1.74. The van der Waals surface area contributed by atoms with Crippen molar-refractivity contribution in [2.75, 3.05) is 6.54 Å². The molecule has 0 aliphatic heterocycles. The molecule has 0 radical (unpaired) electrons. The molecule has 0 bridgehead atoms. The molecule has 1 heterocycles. The highest BCUT2D eigenvalue weighted by atomic mass is 32.2. The van der Waals surface area contributed by atoms with Crippen molar-refractivity contribution in [2.45, 2.75) is 31.3 Å². The monoisotopic (exact) mass is 211 g/mol. The number of thioether (sulfide) groups is 1. The fraction of sp³-hybridized carbons (Fsp3) is 0.600. The quantitative estimate of drug-likeness (QED) is 0.804. The van der Waals surface area contributed by atoms with Crippen molar-refractivity contribution in [2.24, 2.45) is 5.73 Å². The van der Waals surface area contributed by atoms with Gasteiger partial charge in [0.25, 0.3) is 0 Å². The standard InChI is InChI=1S/C10H17N3S/c1-8(2)14-7-10-12-5-9(3-4-11)6-13-10/h5-6,8H,3-4,7,11H2,1-2H3. The van der Waals surface area contributed by atoms with Crippen LogP contribution in [-0.2, 0) is 12.2 Å². The van der Waals surface area contributed by atoms with Crippen LogP contribution in [0, 0.1) is 0 Å². The van der Waals surface area contributed by atoms with Gasteiger partial charge in [0.05, 0.1) is 5.75 Å². The van der Waals surface area contributed by atoms with Gasteiger partial charge in [0.1, 0.15) is 5.82 Å². The molecule has 14 heavy (non-hydrogen) atoms. The van der Waals surface area contributed by atoms with Crippen LogP contribution in [0.5, 0.6) is 0 Å². The molecule has 4 heteroatoms. The van der Waals surface area contributed by atoms with Gasteiger partial charge in [0.2, 0.25) is 0 Å². The predicted molar refractivity (Wildman–Crippen MR) is 61.2 cm³/mol. The van der Waals surface area contributed by atoms with Gasteiger partial charge >= 0.3 is 0 Å². The average Bonchev–Trinajstić information content (AvgIpc) is 2.17. The molecular formula is C10H17N3S. The Hall–Kier alpha value is -0.610. The smallest absolute Gasteiger partial charge is 0.138 e. The Morgan fingerprint density at radius 2 is 2.00 bits per heavy atom. The summed E-state index contributed by atoms with van der Waals surface area (Å²) in [7, 11) is 0. The van der Waals surface area contributed by atoms with E-state index in [9.17, 15) is 0 Å². The zero-order chi connectivity index (χ0) is 10.4. The fourth-order valence-corrected chi connectivity index (χ4v) is 1.62. The van der Waals surface area contributed by atoms with Gasteiger partial charge in [0.15, 0.2) is 0 Å². The number of nitrogens with zero attached hydrogens (tertiary/aromatic N) is 2. The van der Waals surface area contributed by atoms with E-state index >= 15 is 0 Å². The molecule has 0 unspecified atom stereocenters. The summed E-state index contributed by atoms with van der Waals surface area (Å²) in [5.41, 5.74) is 6.55. The van der Waals surface area contributed by atoms with Gasteiger partial charge in [-0.05, 0) is 23.8 Å². The summed E-state index contributed by atoms with van der Waals surface area (Å²) in [6, 6.07) is 0. The van der Waals surface area contributed by atoms with E-state index in [0.717, 1.165) is 23.6 Å². The van der Waals surface area contributed by atoms with Gasteiger partial charge in [-0.3, -0.25) is 0 Å². The first kappa shape index (κ1) is 11.5. The van der Waals surface area contributed by atoms with Crippen molar-refractivity contribution in [3.63, 3.8) is 0 Å². The lowest BCUT2D eigenvalue weighted by Crippen LogP contribution is -2.04. The summed E-state index contributed by atoms with van der Waals surface area (Å²) < 4.78 is 0. The number of aromatic nitrogens is 2. The first-order valence-electron chi connectivity index (χ1n) is 4.84. The highest BCUT2D eigenvalue weighted by Crippen LogP contribution is 2.13. The minimum absolute atomic E-state index is 0.627. The lowest BCUT2D eigenvalue weighted by molar-refractivity contribution is 0.919. The molecular weight excluding hydrogens is 194 g/mol. The largest absolute Gasteiger partial charge is 0.330 e. The second-order valence-electron chi connectivity index (χ2n) is 3.41. The molecule has 1 aromatic rings. The van der Waals surface area contributed by atoms with Crippen LogP contribution in [0.1, 0.15) is 25.2 Å². The lowest BCUT2D eigenvalue weighted by atomic mass is 10.2. The molecule has 0 saturated heterocycles. The maximum Gasteiger partial charge on any atom is 0.138 e. The molecule has 1 rings (SSSR count). The van der Waals surface area contributed by atoms with Crippen LogP contribution in [0.15, 0.2) is 12.4 Å². The minimum Gasteiger partial charge on any atom is -0.330 e. The molecule has 3 nitrogen and oxygen atoms in total. The molecule has 0 amide bonds. The number of rotatable bonds is 5. The molecule has 0 aromatic carbocycles. The van der Waals surface area contributed by atoms with Gasteiger partial charge in [-0.1, -0.05) is 13.8 Å². The van der Waals surface area contributed by atoms with Crippen LogP contribution in [0.3, 0.4) is 0 Å². The number of hydrogen-bond acceptors (Lipinski definition) is 4. The van der Waals surface area contributed by atoms with Crippen LogP contribution >= 0.6 is 11.8 Å². The zero-order valence-corrected chi connectivity index (χ0v) is 9.55. The third-order valence-corrected chi connectivity index (χ3v) is 2.83. The van der Waals surface area contributed by atoms with E-state index in [1.807, 2.05) is 24.2 Å².